The maximum Gasteiger partial charge on any atom is 0.191 e. The van der Waals surface area contributed by atoms with Gasteiger partial charge in [-0.1, -0.05) is 42.5 Å². The first-order valence-corrected chi connectivity index (χ1v) is 10.1. The molecule has 0 fully saturated rings. The number of hydrogen-bond acceptors (Lipinski definition) is 4. The van der Waals surface area contributed by atoms with Gasteiger partial charge in [-0.25, -0.2) is 9.98 Å². The first-order chi connectivity index (χ1) is 14.7. The molecule has 1 atom stereocenters. The van der Waals surface area contributed by atoms with Crippen LogP contribution in [0.3, 0.4) is 0 Å². The lowest BCUT2D eigenvalue weighted by Gasteiger charge is -2.19. The Balaban J connectivity index is 0.00000341. The number of imidazole rings is 1. The molecule has 1 aromatic heterocycles. The standard InChI is InChI=1S/C23H29N5O2.HI/c1-4-24-23(26-14-17(2)30-21-13-9-8-12-20(21)29-3)27-16-22-25-15-19(28-22)18-10-6-5-7-11-18;/h5-13,15,17H,4,14,16H2,1-3H3,(H,25,28)(H2,24,26,27);1H. The van der Waals surface area contributed by atoms with Gasteiger partial charge >= 0.3 is 0 Å². The van der Waals surface area contributed by atoms with E-state index in [2.05, 4.69) is 37.7 Å². The Morgan fingerprint density at radius 2 is 1.77 bits per heavy atom. The zero-order chi connectivity index (χ0) is 21.2. The molecular formula is C23H30IN5O2. The van der Waals surface area contributed by atoms with E-state index in [1.165, 1.54) is 0 Å². The van der Waals surface area contributed by atoms with E-state index in [-0.39, 0.29) is 30.1 Å². The van der Waals surface area contributed by atoms with Gasteiger partial charge in [0.1, 0.15) is 18.5 Å². The molecule has 0 amide bonds. The molecule has 0 aliphatic heterocycles. The van der Waals surface area contributed by atoms with Gasteiger partial charge in [-0.3, -0.25) is 0 Å². The summed E-state index contributed by atoms with van der Waals surface area (Å²) in [7, 11) is 1.64. The van der Waals surface area contributed by atoms with E-state index >= 15 is 0 Å². The van der Waals surface area contributed by atoms with Crippen molar-refractivity contribution in [1.82, 2.24) is 20.6 Å². The van der Waals surface area contributed by atoms with Crippen LogP contribution in [0.1, 0.15) is 19.7 Å². The van der Waals surface area contributed by atoms with Crippen LogP contribution in [0.4, 0.5) is 0 Å². The van der Waals surface area contributed by atoms with E-state index < -0.39 is 0 Å². The quantitative estimate of drug-likeness (QED) is 0.217. The van der Waals surface area contributed by atoms with Gasteiger partial charge in [0.05, 0.1) is 25.5 Å². The lowest BCUT2D eigenvalue weighted by molar-refractivity contribution is 0.213. The third-order valence-corrected chi connectivity index (χ3v) is 4.40. The summed E-state index contributed by atoms with van der Waals surface area (Å²) in [6, 6.07) is 17.7. The summed E-state index contributed by atoms with van der Waals surface area (Å²) in [5, 5.41) is 6.57. The van der Waals surface area contributed by atoms with Crippen molar-refractivity contribution in [2.75, 3.05) is 20.2 Å². The molecule has 2 aromatic carbocycles. The minimum atomic E-state index is -0.0709. The van der Waals surface area contributed by atoms with Crippen LogP contribution in [0.15, 0.2) is 65.8 Å². The van der Waals surface area contributed by atoms with Gasteiger partial charge in [-0.15, -0.1) is 24.0 Å². The molecule has 1 unspecified atom stereocenters. The molecule has 0 saturated carbocycles. The number of methoxy groups -OCH3 is 1. The van der Waals surface area contributed by atoms with Gasteiger partial charge < -0.3 is 25.1 Å². The molecule has 0 aliphatic rings. The number of aromatic amines is 1. The number of benzene rings is 2. The minimum absolute atomic E-state index is 0. The Hall–Kier alpha value is -2.75. The fourth-order valence-corrected chi connectivity index (χ4v) is 2.92. The smallest absolute Gasteiger partial charge is 0.191 e. The van der Waals surface area contributed by atoms with E-state index in [1.54, 1.807) is 7.11 Å². The second kappa shape index (κ2) is 12.8. The fourth-order valence-electron chi connectivity index (χ4n) is 2.92. The van der Waals surface area contributed by atoms with E-state index in [9.17, 15) is 0 Å². The summed E-state index contributed by atoms with van der Waals surface area (Å²) in [5.74, 6) is 2.97. The number of H-pyrrole nitrogens is 1. The summed E-state index contributed by atoms with van der Waals surface area (Å²) < 4.78 is 11.3. The van der Waals surface area contributed by atoms with E-state index in [0.29, 0.717) is 19.0 Å². The Kier molecular flexibility index (Phi) is 10.2. The number of ether oxygens (including phenoxy) is 2. The molecule has 3 aromatic rings. The molecular weight excluding hydrogens is 505 g/mol. The zero-order valence-corrected chi connectivity index (χ0v) is 20.4. The highest BCUT2D eigenvalue weighted by Crippen LogP contribution is 2.26. The lowest BCUT2D eigenvalue weighted by Crippen LogP contribution is -2.41. The molecule has 31 heavy (non-hydrogen) atoms. The van der Waals surface area contributed by atoms with Crippen LogP contribution in [0.25, 0.3) is 11.3 Å². The first kappa shape index (κ1) is 24.5. The summed E-state index contributed by atoms with van der Waals surface area (Å²) in [6.07, 6.45) is 1.77. The predicted octanol–water partition coefficient (Wildman–Crippen LogP) is 4.23. The Morgan fingerprint density at radius 3 is 2.48 bits per heavy atom. The van der Waals surface area contributed by atoms with Crippen LogP contribution in [-0.2, 0) is 6.54 Å². The van der Waals surface area contributed by atoms with Crippen LogP contribution in [-0.4, -0.2) is 42.2 Å². The highest BCUT2D eigenvalue weighted by Gasteiger charge is 2.10. The second-order valence-electron chi connectivity index (χ2n) is 6.76. The van der Waals surface area contributed by atoms with Crippen molar-refractivity contribution < 1.29 is 9.47 Å². The monoisotopic (exact) mass is 535 g/mol. The van der Waals surface area contributed by atoms with Gasteiger partial charge in [-0.2, -0.15) is 0 Å². The largest absolute Gasteiger partial charge is 0.493 e. The van der Waals surface area contributed by atoms with Gasteiger partial charge in [0.25, 0.3) is 0 Å². The number of aromatic nitrogens is 2. The van der Waals surface area contributed by atoms with Crippen LogP contribution < -0.4 is 20.1 Å². The van der Waals surface area contributed by atoms with Gasteiger partial charge in [0, 0.05) is 6.54 Å². The van der Waals surface area contributed by atoms with E-state index in [4.69, 9.17) is 9.47 Å². The average molecular weight is 535 g/mol. The summed E-state index contributed by atoms with van der Waals surface area (Å²) in [5.41, 5.74) is 2.09. The topological polar surface area (TPSA) is 83.6 Å². The second-order valence-corrected chi connectivity index (χ2v) is 6.76. The molecule has 3 N–H and O–H groups in total. The first-order valence-electron chi connectivity index (χ1n) is 10.1. The molecule has 7 nitrogen and oxygen atoms in total. The third-order valence-electron chi connectivity index (χ3n) is 4.40. The number of rotatable bonds is 9. The van der Waals surface area contributed by atoms with Crippen LogP contribution in [0.2, 0.25) is 0 Å². The number of para-hydroxylation sites is 2. The Labute approximate surface area is 200 Å². The van der Waals surface area contributed by atoms with Crippen molar-refractivity contribution >= 4 is 29.9 Å². The van der Waals surface area contributed by atoms with Gasteiger partial charge in [-0.05, 0) is 31.5 Å². The molecule has 166 valence electrons. The normalized spacial score (nSPS) is 11.9. The number of guanidine groups is 1. The molecule has 1 heterocycles. The number of aliphatic imine (C=N–C) groups is 1. The summed E-state index contributed by atoms with van der Waals surface area (Å²) >= 11 is 0. The SMILES string of the molecule is CCNC(=NCc1ncc(-c2ccccc2)[nH]1)NCC(C)Oc1ccccc1OC.I. The van der Waals surface area contributed by atoms with Crippen molar-refractivity contribution in [1.29, 1.82) is 0 Å². The number of halogens is 1. The fraction of sp³-hybridized carbons (Fsp3) is 0.304. The molecule has 0 radical (unpaired) electrons. The maximum absolute atomic E-state index is 5.99. The Bertz CT molecular complexity index is 946. The van der Waals surface area contributed by atoms with E-state index in [1.807, 2.05) is 62.5 Å². The lowest BCUT2D eigenvalue weighted by atomic mass is 10.2. The number of nitrogens with one attached hydrogen (secondary N) is 3. The number of nitrogens with zero attached hydrogens (tertiary/aromatic N) is 2. The molecule has 3 rings (SSSR count). The molecule has 8 heteroatoms. The number of hydrogen-bond donors (Lipinski definition) is 3. The Morgan fingerprint density at radius 1 is 1.06 bits per heavy atom. The van der Waals surface area contributed by atoms with Crippen molar-refractivity contribution in [3.63, 3.8) is 0 Å². The molecule has 0 spiro atoms. The van der Waals surface area contributed by atoms with Crippen molar-refractivity contribution in [3.8, 4) is 22.8 Å². The predicted molar refractivity (Wildman–Crippen MR) is 135 cm³/mol. The third kappa shape index (κ3) is 7.46. The maximum atomic E-state index is 5.99. The minimum Gasteiger partial charge on any atom is -0.493 e. The highest BCUT2D eigenvalue weighted by atomic mass is 127. The molecule has 0 aliphatic carbocycles. The van der Waals surface area contributed by atoms with Gasteiger partial charge in [0.2, 0.25) is 0 Å². The van der Waals surface area contributed by atoms with Crippen LogP contribution >= 0.6 is 24.0 Å². The highest BCUT2D eigenvalue weighted by molar-refractivity contribution is 14.0. The van der Waals surface area contributed by atoms with Crippen molar-refractivity contribution in [3.05, 3.63) is 66.6 Å². The molecule has 0 saturated heterocycles. The average Bonchev–Trinajstić information content (AvgIpc) is 3.26. The van der Waals surface area contributed by atoms with Crippen LogP contribution in [0, 0.1) is 0 Å². The molecule has 0 bridgehead atoms. The van der Waals surface area contributed by atoms with Crippen molar-refractivity contribution in [2.24, 2.45) is 4.99 Å². The van der Waals surface area contributed by atoms with Crippen molar-refractivity contribution in [2.45, 2.75) is 26.5 Å². The summed E-state index contributed by atoms with van der Waals surface area (Å²) in [4.78, 5) is 12.4. The van der Waals surface area contributed by atoms with Crippen LogP contribution in [0.5, 0.6) is 11.5 Å². The van der Waals surface area contributed by atoms with Gasteiger partial charge in [0.15, 0.2) is 17.5 Å². The van der Waals surface area contributed by atoms with E-state index in [0.717, 1.165) is 35.1 Å². The zero-order valence-electron chi connectivity index (χ0n) is 18.1. The summed E-state index contributed by atoms with van der Waals surface area (Å²) in [6.45, 7) is 5.84.